The van der Waals surface area contributed by atoms with Gasteiger partial charge in [0, 0.05) is 24.3 Å². The van der Waals surface area contributed by atoms with E-state index in [9.17, 15) is 0 Å². The number of hydrogen-bond acceptors (Lipinski definition) is 3. The maximum Gasteiger partial charge on any atom is 0.144 e. The summed E-state index contributed by atoms with van der Waals surface area (Å²) in [5.41, 5.74) is 2.83. The van der Waals surface area contributed by atoms with E-state index < -0.39 is 0 Å². The first-order valence-corrected chi connectivity index (χ1v) is 6.91. The van der Waals surface area contributed by atoms with Crippen LogP contribution in [0.4, 0.5) is 0 Å². The molecule has 3 nitrogen and oxygen atoms in total. The fourth-order valence-electron chi connectivity index (χ4n) is 2.10. The monoisotopic (exact) mass is 265 g/mol. The van der Waals surface area contributed by atoms with Gasteiger partial charge in [-0.15, -0.1) is 0 Å². The molecule has 0 radical (unpaired) electrons. The largest absolute Gasteiger partial charge is 0.310 e. The van der Waals surface area contributed by atoms with Gasteiger partial charge in [0.05, 0.1) is 0 Å². The molecule has 3 heteroatoms. The number of nitrogens with zero attached hydrogens (tertiary/aromatic N) is 2. The van der Waals surface area contributed by atoms with Gasteiger partial charge in [-0.2, -0.15) is 5.26 Å². The Hall–Kier alpha value is -2.18. The van der Waals surface area contributed by atoms with Crippen molar-refractivity contribution in [3.05, 3.63) is 65.5 Å². The highest BCUT2D eigenvalue weighted by Crippen LogP contribution is 2.07. The van der Waals surface area contributed by atoms with Gasteiger partial charge in [0.15, 0.2) is 0 Å². The first-order chi connectivity index (χ1) is 9.79. The van der Waals surface area contributed by atoms with Gasteiger partial charge in [-0.25, -0.2) is 4.98 Å². The molecule has 20 heavy (non-hydrogen) atoms. The Morgan fingerprint density at radius 2 is 2.00 bits per heavy atom. The van der Waals surface area contributed by atoms with Gasteiger partial charge in [-0.3, -0.25) is 0 Å². The molecule has 2 rings (SSSR count). The van der Waals surface area contributed by atoms with Crippen molar-refractivity contribution in [3.63, 3.8) is 0 Å². The molecule has 1 aromatic carbocycles. The standard InChI is InChI=1S/C17H19N3/c1-14(9-10-15-6-3-2-4-7-15)20-13-16-8-5-11-19-17(16)12-18/h2-8,11,14,20H,9-10,13H2,1H3. The lowest BCUT2D eigenvalue weighted by Gasteiger charge is -2.14. The second kappa shape index (κ2) is 7.42. The van der Waals surface area contributed by atoms with Crippen molar-refractivity contribution < 1.29 is 0 Å². The summed E-state index contributed by atoms with van der Waals surface area (Å²) in [5, 5.41) is 12.4. The van der Waals surface area contributed by atoms with E-state index in [1.165, 1.54) is 5.56 Å². The number of rotatable bonds is 6. The third-order valence-corrected chi connectivity index (χ3v) is 3.35. The van der Waals surface area contributed by atoms with Crippen molar-refractivity contribution in [2.24, 2.45) is 0 Å². The molecule has 102 valence electrons. The lowest BCUT2D eigenvalue weighted by Crippen LogP contribution is -2.26. The Morgan fingerprint density at radius 3 is 2.75 bits per heavy atom. The average molecular weight is 265 g/mol. The predicted octanol–water partition coefficient (Wildman–Crippen LogP) is 3.06. The fourth-order valence-corrected chi connectivity index (χ4v) is 2.10. The van der Waals surface area contributed by atoms with Gasteiger partial charge < -0.3 is 5.32 Å². The molecule has 0 fully saturated rings. The molecule has 0 spiro atoms. The quantitative estimate of drug-likeness (QED) is 0.873. The zero-order valence-electron chi connectivity index (χ0n) is 11.7. The van der Waals surface area contributed by atoms with E-state index in [-0.39, 0.29) is 0 Å². The van der Waals surface area contributed by atoms with Crippen LogP contribution in [0, 0.1) is 11.3 Å². The van der Waals surface area contributed by atoms with Crippen LogP contribution in [0.25, 0.3) is 0 Å². The molecular weight excluding hydrogens is 246 g/mol. The molecule has 0 saturated carbocycles. The number of pyridine rings is 1. The summed E-state index contributed by atoms with van der Waals surface area (Å²) in [4.78, 5) is 4.07. The molecular formula is C17H19N3. The molecule has 0 amide bonds. The second-order valence-corrected chi connectivity index (χ2v) is 4.93. The number of nitrogens with one attached hydrogen (secondary N) is 1. The van der Waals surface area contributed by atoms with Crippen LogP contribution in [0.15, 0.2) is 48.7 Å². The molecule has 0 aliphatic heterocycles. The molecule has 0 aliphatic rings. The van der Waals surface area contributed by atoms with Crippen molar-refractivity contribution >= 4 is 0 Å². The summed E-state index contributed by atoms with van der Waals surface area (Å²) >= 11 is 0. The molecule has 0 aliphatic carbocycles. The Balaban J connectivity index is 1.81. The highest BCUT2D eigenvalue weighted by atomic mass is 14.9. The van der Waals surface area contributed by atoms with Crippen LogP contribution < -0.4 is 5.32 Å². The van der Waals surface area contributed by atoms with E-state index in [0.29, 0.717) is 18.3 Å². The van der Waals surface area contributed by atoms with Crippen molar-refractivity contribution in [1.82, 2.24) is 10.3 Å². The third kappa shape index (κ3) is 4.18. The summed E-state index contributed by atoms with van der Waals surface area (Å²) < 4.78 is 0. The van der Waals surface area contributed by atoms with Crippen LogP contribution in [0.5, 0.6) is 0 Å². The van der Waals surface area contributed by atoms with Crippen LogP contribution in [0.3, 0.4) is 0 Å². The number of hydrogen-bond donors (Lipinski definition) is 1. The molecule has 1 unspecified atom stereocenters. The number of aryl methyl sites for hydroxylation is 1. The Morgan fingerprint density at radius 1 is 1.20 bits per heavy atom. The zero-order valence-corrected chi connectivity index (χ0v) is 11.7. The van der Waals surface area contributed by atoms with E-state index >= 15 is 0 Å². The smallest absolute Gasteiger partial charge is 0.144 e. The first-order valence-electron chi connectivity index (χ1n) is 6.91. The van der Waals surface area contributed by atoms with Crippen molar-refractivity contribution in [2.75, 3.05) is 0 Å². The van der Waals surface area contributed by atoms with Crippen LogP contribution in [-0.2, 0) is 13.0 Å². The van der Waals surface area contributed by atoms with Crippen molar-refractivity contribution in [2.45, 2.75) is 32.4 Å². The minimum Gasteiger partial charge on any atom is -0.310 e. The molecule has 0 bridgehead atoms. The summed E-state index contributed by atoms with van der Waals surface area (Å²) in [6.45, 7) is 2.86. The first kappa shape index (κ1) is 14.2. The molecule has 2 aromatic rings. The topological polar surface area (TPSA) is 48.7 Å². The number of nitriles is 1. The van der Waals surface area contributed by atoms with E-state index in [1.54, 1.807) is 6.20 Å². The van der Waals surface area contributed by atoms with E-state index in [0.717, 1.165) is 18.4 Å². The molecule has 1 atom stereocenters. The Bertz CT molecular complexity index is 572. The number of benzene rings is 1. The van der Waals surface area contributed by atoms with Crippen molar-refractivity contribution in [3.8, 4) is 6.07 Å². The lowest BCUT2D eigenvalue weighted by molar-refractivity contribution is 0.513. The van der Waals surface area contributed by atoms with Gasteiger partial charge in [-0.05, 0) is 31.4 Å². The molecule has 1 heterocycles. The van der Waals surface area contributed by atoms with Crippen LogP contribution in [-0.4, -0.2) is 11.0 Å². The minimum atomic E-state index is 0.405. The summed E-state index contributed by atoms with van der Waals surface area (Å²) in [7, 11) is 0. The van der Waals surface area contributed by atoms with Crippen molar-refractivity contribution in [1.29, 1.82) is 5.26 Å². The van der Waals surface area contributed by atoms with E-state index in [2.05, 4.69) is 47.6 Å². The Labute approximate surface area is 120 Å². The number of aromatic nitrogens is 1. The summed E-state index contributed by atoms with van der Waals surface area (Å²) in [5.74, 6) is 0. The summed E-state index contributed by atoms with van der Waals surface area (Å²) in [6.07, 6.45) is 3.79. The third-order valence-electron chi connectivity index (χ3n) is 3.35. The van der Waals surface area contributed by atoms with Crippen LogP contribution >= 0.6 is 0 Å². The minimum absolute atomic E-state index is 0.405. The molecule has 1 aromatic heterocycles. The highest BCUT2D eigenvalue weighted by molar-refractivity contribution is 5.30. The predicted molar refractivity (Wildman–Crippen MR) is 80.0 cm³/mol. The summed E-state index contributed by atoms with van der Waals surface area (Å²) in [6, 6.07) is 16.8. The second-order valence-electron chi connectivity index (χ2n) is 4.93. The maximum atomic E-state index is 9.00. The zero-order chi connectivity index (χ0) is 14.2. The van der Waals surface area contributed by atoms with Gasteiger partial charge in [0.1, 0.15) is 11.8 Å². The maximum absolute atomic E-state index is 9.00. The van der Waals surface area contributed by atoms with Gasteiger partial charge in [0.2, 0.25) is 0 Å². The molecule has 0 saturated heterocycles. The van der Waals surface area contributed by atoms with E-state index in [4.69, 9.17) is 5.26 Å². The highest BCUT2D eigenvalue weighted by Gasteiger charge is 2.05. The lowest BCUT2D eigenvalue weighted by atomic mass is 10.1. The van der Waals surface area contributed by atoms with Crippen LogP contribution in [0.2, 0.25) is 0 Å². The van der Waals surface area contributed by atoms with Gasteiger partial charge >= 0.3 is 0 Å². The molecule has 1 N–H and O–H groups in total. The van der Waals surface area contributed by atoms with Crippen LogP contribution in [0.1, 0.15) is 30.2 Å². The van der Waals surface area contributed by atoms with Gasteiger partial charge in [0.25, 0.3) is 0 Å². The SMILES string of the molecule is CC(CCc1ccccc1)NCc1cccnc1C#N. The Kier molecular flexibility index (Phi) is 5.28. The van der Waals surface area contributed by atoms with Gasteiger partial charge in [-0.1, -0.05) is 36.4 Å². The average Bonchev–Trinajstić information content (AvgIpc) is 2.52. The van der Waals surface area contributed by atoms with E-state index in [1.807, 2.05) is 18.2 Å². The fraction of sp³-hybridized carbons (Fsp3) is 0.294. The normalized spacial score (nSPS) is 11.8.